The van der Waals surface area contributed by atoms with Gasteiger partial charge in [0.2, 0.25) is 0 Å². The Balaban J connectivity index is 1.35. The second kappa shape index (κ2) is 8.66. The first kappa shape index (κ1) is 20.1. The Morgan fingerprint density at radius 2 is 2.20 bits per heavy atom. The largest absolute Gasteiger partial charge is 0.489 e. The summed E-state index contributed by atoms with van der Waals surface area (Å²) in [7, 11) is 3.32. The molecular weight excluding hydrogens is 384 g/mol. The van der Waals surface area contributed by atoms with Crippen molar-refractivity contribution in [3.05, 3.63) is 53.2 Å². The smallest absolute Gasteiger partial charge is 0.275 e. The van der Waals surface area contributed by atoms with E-state index in [1.807, 2.05) is 25.1 Å². The molecule has 2 N–H and O–H groups in total. The third kappa shape index (κ3) is 4.51. The number of aromatic amines is 1. The number of aromatic nitrogens is 5. The van der Waals surface area contributed by atoms with E-state index in [1.165, 1.54) is 4.68 Å². The van der Waals surface area contributed by atoms with Crippen LogP contribution in [0.2, 0.25) is 0 Å². The van der Waals surface area contributed by atoms with Gasteiger partial charge in [-0.15, -0.1) is 0 Å². The first-order valence-electron chi connectivity index (χ1n) is 9.99. The minimum Gasteiger partial charge on any atom is -0.489 e. The van der Waals surface area contributed by atoms with E-state index >= 15 is 0 Å². The number of pyridine rings is 1. The molecule has 1 aliphatic carbocycles. The zero-order valence-electron chi connectivity index (χ0n) is 17.4. The number of hydrogen-bond donors (Lipinski definition) is 2. The van der Waals surface area contributed by atoms with Crippen LogP contribution in [0.25, 0.3) is 0 Å². The van der Waals surface area contributed by atoms with Crippen molar-refractivity contribution in [2.75, 3.05) is 12.4 Å². The molecule has 1 fully saturated rings. The van der Waals surface area contributed by atoms with E-state index in [1.54, 1.807) is 26.4 Å². The lowest BCUT2D eigenvalue weighted by molar-refractivity contribution is 0.101. The number of methoxy groups -OCH3 is 1. The van der Waals surface area contributed by atoms with E-state index in [2.05, 4.69) is 25.6 Å². The van der Waals surface area contributed by atoms with Gasteiger partial charge in [-0.2, -0.15) is 10.2 Å². The van der Waals surface area contributed by atoms with Gasteiger partial charge in [0.15, 0.2) is 5.82 Å². The van der Waals surface area contributed by atoms with Gasteiger partial charge in [-0.3, -0.25) is 19.6 Å². The van der Waals surface area contributed by atoms with E-state index in [0.29, 0.717) is 29.7 Å². The third-order valence-electron chi connectivity index (χ3n) is 5.31. The number of carbonyl (C=O) groups excluding carboxylic acids is 1. The van der Waals surface area contributed by atoms with Crippen molar-refractivity contribution >= 4 is 11.7 Å². The van der Waals surface area contributed by atoms with Crippen LogP contribution in [0, 0.1) is 6.92 Å². The predicted molar refractivity (Wildman–Crippen MR) is 110 cm³/mol. The molecule has 1 saturated carbocycles. The number of aryl methyl sites for hydroxylation is 2. The Kier molecular flexibility index (Phi) is 5.80. The maximum atomic E-state index is 12.6. The number of H-pyrrole nitrogens is 1. The Labute approximate surface area is 174 Å². The maximum absolute atomic E-state index is 12.6. The molecule has 0 unspecified atom stereocenters. The first-order chi connectivity index (χ1) is 14.5. The second-order valence-corrected chi connectivity index (χ2v) is 7.63. The first-order valence-corrected chi connectivity index (χ1v) is 9.99. The highest BCUT2D eigenvalue weighted by atomic mass is 16.5. The summed E-state index contributed by atoms with van der Waals surface area (Å²) in [5.41, 5.74) is 3.13. The molecule has 0 radical (unpaired) electrons. The molecule has 0 spiro atoms. The van der Waals surface area contributed by atoms with Gasteiger partial charge in [-0.1, -0.05) is 0 Å². The molecule has 0 aromatic carbocycles. The summed E-state index contributed by atoms with van der Waals surface area (Å²) in [5, 5.41) is 14.4. The van der Waals surface area contributed by atoms with E-state index in [-0.39, 0.29) is 12.0 Å². The highest BCUT2D eigenvalue weighted by Crippen LogP contribution is 2.36. The third-order valence-corrected chi connectivity index (χ3v) is 5.31. The highest BCUT2D eigenvalue weighted by molar-refractivity contribution is 6.02. The van der Waals surface area contributed by atoms with Gasteiger partial charge >= 0.3 is 0 Å². The van der Waals surface area contributed by atoms with Crippen molar-refractivity contribution in [2.24, 2.45) is 7.05 Å². The number of carbonyl (C=O) groups is 1. The van der Waals surface area contributed by atoms with Crippen LogP contribution in [0.3, 0.4) is 0 Å². The number of rotatable bonds is 7. The summed E-state index contributed by atoms with van der Waals surface area (Å²) >= 11 is 0. The number of nitrogens with zero attached hydrogens (tertiary/aromatic N) is 4. The fourth-order valence-electron chi connectivity index (χ4n) is 3.79. The molecule has 0 saturated heterocycles. The van der Waals surface area contributed by atoms with E-state index in [4.69, 9.17) is 9.47 Å². The number of nitrogens with one attached hydrogen (secondary N) is 2. The Morgan fingerprint density at radius 3 is 2.97 bits per heavy atom. The molecule has 1 aliphatic rings. The molecule has 3 aromatic heterocycles. The fourth-order valence-corrected chi connectivity index (χ4v) is 3.79. The van der Waals surface area contributed by atoms with Gasteiger partial charge in [-0.05, 0) is 44.4 Å². The van der Waals surface area contributed by atoms with Gasteiger partial charge in [-0.25, -0.2) is 0 Å². The zero-order chi connectivity index (χ0) is 21.1. The molecule has 4 rings (SSSR count). The predicted octanol–water partition coefficient (Wildman–Crippen LogP) is 2.96. The summed E-state index contributed by atoms with van der Waals surface area (Å²) in [4.78, 5) is 16.8. The van der Waals surface area contributed by atoms with E-state index in [9.17, 15) is 4.79 Å². The van der Waals surface area contributed by atoms with Crippen LogP contribution in [0.1, 0.15) is 52.8 Å². The van der Waals surface area contributed by atoms with Crippen molar-refractivity contribution in [1.29, 1.82) is 0 Å². The summed E-state index contributed by atoms with van der Waals surface area (Å²) in [5.74, 6) is 1.35. The molecule has 30 heavy (non-hydrogen) atoms. The van der Waals surface area contributed by atoms with Crippen molar-refractivity contribution in [3.8, 4) is 5.75 Å². The van der Waals surface area contributed by atoms with Crippen LogP contribution >= 0.6 is 0 Å². The highest BCUT2D eigenvalue weighted by Gasteiger charge is 2.29. The minimum absolute atomic E-state index is 0.148. The summed E-state index contributed by atoms with van der Waals surface area (Å²) < 4.78 is 12.7. The molecule has 9 heteroatoms. The van der Waals surface area contributed by atoms with Gasteiger partial charge in [0.05, 0.1) is 24.6 Å². The van der Waals surface area contributed by atoms with Crippen LogP contribution < -0.4 is 10.1 Å². The van der Waals surface area contributed by atoms with Crippen molar-refractivity contribution in [2.45, 2.75) is 44.8 Å². The summed E-state index contributed by atoms with van der Waals surface area (Å²) in [6.07, 6.45) is 4.78. The molecule has 3 heterocycles. The number of hydrogen-bond acceptors (Lipinski definition) is 6. The van der Waals surface area contributed by atoms with E-state index < -0.39 is 0 Å². The van der Waals surface area contributed by atoms with E-state index in [0.717, 1.165) is 36.4 Å². The molecule has 0 aliphatic heterocycles. The van der Waals surface area contributed by atoms with Crippen molar-refractivity contribution in [1.82, 2.24) is 25.0 Å². The summed E-state index contributed by atoms with van der Waals surface area (Å²) in [6.45, 7) is 2.31. The monoisotopic (exact) mass is 410 g/mol. The number of ether oxygens (including phenoxy) is 2. The Hall–Kier alpha value is -3.20. The SMILES string of the molecule is COCc1cc(C(=O)Nc2cc([C@H]3CC[C@@H](Oc4ccc(C)nc4)C3)[nH]n2)n(C)n1. The van der Waals surface area contributed by atoms with Crippen LogP contribution in [0.5, 0.6) is 5.75 Å². The zero-order valence-corrected chi connectivity index (χ0v) is 17.4. The fraction of sp³-hybridized carbons (Fsp3) is 0.429. The van der Waals surface area contributed by atoms with Crippen LogP contribution in [-0.2, 0) is 18.4 Å². The lowest BCUT2D eigenvalue weighted by atomic mass is 10.0. The summed E-state index contributed by atoms with van der Waals surface area (Å²) in [6, 6.07) is 7.51. The van der Waals surface area contributed by atoms with Gasteiger partial charge in [0.25, 0.3) is 5.91 Å². The van der Waals surface area contributed by atoms with Gasteiger partial charge in [0.1, 0.15) is 11.4 Å². The van der Waals surface area contributed by atoms with Crippen LogP contribution in [0.4, 0.5) is 5.82 Å². The quantitative estimate of drug-likeness (QED) is 0.620. The standard InChI is InChI=1S/C21H26N6O3/c1-13-4-6-17(11-22-13)30-16-7-5-14(8-16)18-10-20(25-24-18)23-21(28)19-9-15(12-29-3)26-27(19)2/h4,6,9-11,14,16H,5,7-8,12H2,1-3H3,(H2,23,24,25,28)/t14-,16+/m0/s1. The normalized spacial score (nSPS) is 18.5. The van der Waals surface area contributed by atoms with Gasteiger partial charge < -0.3 is 14.8 Å². The molecule has 1 amide bonds. The number of anilines is 1. The Bertz CT molecular complexity index is 1010. The van der Waals surface area contributed by atoms with Crippen LogP contribution in [-0.4, -0.2) is 44.1 Å². The average Bonchev–Trinajstić information content (AvgIpc) is 3.44. The van der Waals surface area contributed by atoms with Gasteiger partial charge in [0, 0.05) is 37.5 Å². The maximum Gasteiger partial charge on any atom is 0.275 e. The molecule has 9 nitrogen and oxygen atoms in total. The number of amides is 1. The molecule has 0 bridgehead atoms. The average molecular weight is 410 g/mol. The molecule has 158 valence electrons. The topological polar surface area (TPSA) is 107 Å². The minimum atomic E-state index is -0.259. The van der Waals surface area contributed by atoms with Crippen molar-refractivity contribution < 1.29 is 14.3 Å². The van der Waals surface area contributed by atoms with Crippen LogP contribution in [0.15, 0.2) is 30.5 Å². The lowest BCUT2D eigenvalue weighted by Gasteiger charge is -2.13. The second-order valence-electron chi connectivity index (χ2n) is 7.63. The molecular formula is C21H26N6O3. The lowest BCUT2D eigenvalue weighted by Crippen LogP contribution is -2.16. The Morgan fingerprint density at radius 1 is 1.33 bits per heavy atom. The molecule has 3 aromatic rings. The molecule has 2 atom stereocenters. The van der Waals surface area contributed by atoms with Crippen molar-refractivity contribution in [3.63, 3.8) is 0 Å².